The van der Waals surface area contributed by atoms with E-state index in [1.165, 1.54) is 38.8 Å². The molecule has 0 spiro atoms. The molecule has 0 fully saturated rings. The molecule has 0 heterocycles. The van der Waals surface area contributed by atoms with Gasteiger partial charge in [-0.25, -0.2) is 0 Å². The predicted octanol–water partition coefficient (Wildman–Crippen LogP) is 5.78. The Balaban J connectivity index is 1.79. The molecule has 1 aliphatic carbocycles. The first-order valence-electron chi connectivity index (χ1n) is 8.23. The third-order valence-corrected chi connectivity index (χ3v) is 5.00. The van der Waals surface area contributed by atoms with Gasteiger partial charge in [0.2, 0.25) is 0 Å². The van der Waals surface area contributed by atoms with Crippen LogP contribution in [0.3, 0.4) is 0 Å². The maximum absolute atomic E-state index is 9.76. The van der Waals surface area contributed by atoms with Crippen molar-refractivity contribution in [2.75, 3.05) is 0 Å². The minimum absolute atomic E-state index is 0.311. The van der Waals surface area contributed by atoms with Crippen molar-refractivity contribution in [1.82, 2.24) is 0 Å². The van der Waals surface area contributed by atoms with Gasteiger partial charge in [-0.3, -0.25) is 0 Å². The van der Waals surface area contributed by atoms with Gasteiger partial charge in [-0.1, -0.05) is 66.7 Å². The van der Waals surface area contributed by atoms with Gasteiger partial charge in [-0.15, -0.1) is 0 Å². The Bertz CT molecular complexity index is 1090. The van der Waals surface area contributed by atoms with Crippen LogP contribution in [0.2, 0.25) is 0 Å². The van der Waals surface area contributed by atoms with Crippen molar-refractivity contribution >= 4 is 10.8 Å². The second-order valence-corrected chi connectivity index (χ2v) is 6.38. The fourth-order valence-electron chi connectivity index (χ4n) is 3.92. The van der Waals surface area contributed by atoms with E-state index in [0.29, 0.717) is 5.75 Å². The van der Waals surface area contributed by atoms with E-state index in [0.717, 1.165) is 11.8 Å². The minimum Gasteiger partial charge on any atom is -0.508 e. The summed E-state index contributed by atoms with van der Waals surface area (Å²) in [5.74, 6) is 0.311. The van der Waals surface area contributed by atoms with E-state index in [1.54, 1.807) is 6.07 Å². The van der Waals surface area contributed by atoms with Gasteiger partial charge < -0.3 is 5.11 Å². The minimum atomic E-state index is 0.311. The average molecular weight is 308 g/mol. The molecule has 0 aliphatic heterocycles. The van der Waals surface area contributed by atoms with Gasteiger partial charge in [0, 0.05) is 0 Å². The summed E-state index contributed by atoms with van der Waals surface area (Å²) in [6.07, 6.45) is 0.982. The molecule has 5 rings (SSSR count). The van der Waals surface area contributed by atoms with Crippen LogP contribution in [0.15, 0.2) is 78.9 Å². The number of hydrogen-bond donors (Lipinski definition) is 1. The van der Waals surface area contributed by atoms with E-state index < -0.39 is 0 Å². The molecule has 1 nitrogen and oxygen atoms in total. The van der Waals surface area contributed by atoms with Crippen LogP contribution in [0, 0.1) is 0 Å². The van der Waals surface area contributed by atoms with Crippen molar-refractivity contribution in [3.63, 3.8) is 0 Å². The number of phenols is 1. The summed E-state index contributed by atoms with van der Waals surface area (Å²) in [4.78, 5) is 0. The van der Waals surface area contributed by atoms with E-state index in [4.69, 9.17) is 0 Å². The third kappa shape index (κ3) is 1.88. The summed E-state index contributed by atoms with van der Waals surface area (Å²) in [5, 5.41) is 12.0. The lowest BCUT2D eigenvalue weighted by molar-refractivity contribution is 0.476. The highest BCUT2D eigenvalue weighted by molar-refractivity contribution is 5.99. The lowest BCUT2D eigenvalue weighted by Crippen LogP contribution is -1.89. The molecule has 0 aromatic heterocycles. The van der Waals surface area contributed by atoms with Crippen molar-refractivity contribution in [2.24, 2.45) is 0 Å². The van der Waals surface area contributed by atoms with Crippen molar-refractivity contribution in [2.45, 2.75) is 6.42 Å². The van der Waals surface area contributed by atoms with Crippen LogP contribution < -0.4 is 0 Å². The summed E-state index contributed by atoms with van der Waals surface area (Å²) < 4.78 is 0. The van der Waals surface area contributed by atoms with Crippen LogP contribution in [0.25, 0.3) is 33.0 Å². The zero-order chi connectivity index (χ0) is 16.1. The zero-order valence-electron chi connectivity index (χ0n) is 13.2. The molecule has 0 radical (unpaired) electrons. The molecule has 0 saturated carbocycles. The van der Waals surface area contributed by atoms with E-state index in [-0.39, 0.29) is 0 Å². The summed E-state index contributed by atoms with van der Waals surface area (Å²) in [6, 6.07) is 27.2. The average Bonchev–Trinajstić information content (AvgIpc) is 3.00. The molecule has 1 aliphatic rings. The monoisotopic (exact) mass is 308 g/mol. The Labute approximate surface area is 140 Å². The van der Waals surface area contributed by atoms with Crippen LogP contribution in [0.4, 0.5) is 0 Å². The molecule has 24 heavy (non-hydrogen) atoms. The first kappa shape index (κ1) is 13.4. The molecular formula is C23H16O. The van der Waals surface area contributed by atoms with Crippen molar-refractivity contribution in [3.05, 3.63) is 90.0 Å². The highest BCUT2D eigenvalue weighted by Gasteiger charge is 2.21. The van der Waals surface area contributed by atoms with Gasteiger partial charge in [0.15, 0.2) is 0 Å². The lowest BCUT2D eigenvalue weighted by Gasteiger charge is -2.12. The van der Waals surface area contributed by atoms with Gasteiger partial charge in [-0.2, -0.15) is 0 Å². The first-order chi connectivity index (χ1) is 11.8. The van der Waals surface area contributed by atoms with E-state index in [1.807, 2.05) is 12.1 Å². The number of aromatic hydroxyl groups is 1. The third-order valence-electron chi connectivity index (χ3n) is 5.00. The maximum atomic E-state index is 9.76. The highest BCUT2D eigenvalue weighted by Crippen LogP contribution is 2.43. The lowest BCUT2D eigenvalue weighted by atomic mass is 9.92. The Kier molecular flexibility index (Phi) is 2.77. The molecule has 1 heteroatoms. The van der Waals surface area contributed by atoms with Gasteiger partial charge >= 0.3 is 0 Å². The fourth-order valence-corrected chi connectivity index (χ4v) is 3.92. The largest absolute Gasteiger partial charge is 0.508 e. The molecule has 0 saturated heterocycles. The Morgan fingerprint density at radius 1 is 0.625 bits per heavy atom. The molecule has 4 aromatic carbocycles. The smallest absolute Gasteiger partial charge is 0.116 e. The summed E-state index contributed by atoms with van der Waals surface area (Å²) >= 11 is 0. The fraction of sp³-hybridized carbons (Fsp3) is 0.0435. The van der Waals surface area contributed by atoms with Crippen molar-refractivity contribution in [1.29, 1.82) is 0 Å². The molecule has 0 bridgehead atoms. The maximum Gasteiger partial charge on any atom is 0.116 e. The second kappa shape index (κ2) is 4.97. The molecule has 114 valence electrons. The SMILES string of the molecule is Oc1ccc2c(-c3cccc4c3Cc3ccccc3-4)cccc2c1. The second-order valence-electron chi connectivity index (χ2n) is 6.38. The van der Waals surface area contributed by atoms with E-state index >= 15 is 0 Å². The molecule has 4 aromatic rings. The zero-order valence-corrected chi connectivity index (χ0v) is 13.2. The van der Waals surface area contributed by atoms with Crippen LogP contribution in [-0.4, -0.2) is 5.11 Å². The quantitative estimate of drug-likeness (QED) is 0.416. The van der Waals surface area contributed by atoms with Gasteiger partial charge in [0.1, 0.15) is 5.75 Å². The summed E-state index contributed by atoms with van der Waals surface area (Å²) in [5.41, 5.74) is 8.03. The molecule has 1 N–H and O–H groups in total. The topological polar surface area (TPSA) is 20.2 Å². The van der Waals surface area contributed by atoms with Crippen molar-refractivity contribution in [3.8, 4) is 28.0 Å². The van der Waals surface area contributed by atoms with Gasteiger partial charge in [-0.05, 0) is 62.7 Å². The summed E-state index contributed by atoms with van der Waals surface area (Å²) in [6.45, 7) is 0. The number of fused-ring (bicyclic) bond motifs is 4. The predicted molar refractivity (Wildman–Crippen MR) is 99.3 cm³/mol. The number of rotatable bonds is 1. The van der Waals surface area contributed by atoms with Gasteiger partial charge in [0.25, 0.3) is 0 Å². The number of benzene rings is 4. The van der Waals surface area contributed by atoms with Crippen LogP contribution in [-0.2, 0) is 6.42 Å². The standard InChI is InChI=1S/C23H16O/c24-17-11-12-19-15(13-17)6-3-8-20(19)22-10-4-9-21-18-7-2-1-5-16(18)14-23(21)22/h1-13,24H,14H2. The van der Waals surface area contributed by atoms with E-state index in [2.05, 4.69) is 60.7 Å². The highest BCUT2D eigenvalue weighted by atomic mass is 16.3. The Morgan fingerprint density at radius 3 is 2.25 bits per heavy atom. The molecule has 0 unspecified atom stereocenters. The van der Waals surface area contributed by atoms with Crippen LogP contribution in [0.1, 0.15) is 11.1 Å². The normalized spacial score (nSPS) is 12.2. The van der Waals surface area contributed by atoms with Gasteiger partial charge in [0.05, 0.1) is 0 Å². The Hall–Kier alpha value is -3.06. The number of hydrogen-bond acceptors (Lipinski definition) is 1. The molecule has 0 atom stereocenters. The van der Waals surface area contributed by atoms with E-state index in [9.17, 15) is 5.11 Å². The van der Waals surface area contributed by atoms with Crippen LogP contribution in [0.5, 0.6) is 5.75 Å². The molecular weight excluding hydrogens is 292 g/mol. The Morgan fingerprint density at radius 2 is 1.33 bits per heavy atom. The summed E-state index contributed by atoms with van der Waals surface area (Å²) in [7, 11) is 0. The van der Waals surface area contributed by atoms with Crippen molar-refractivity contribution < 1.29 is 5.11 Å². The number of phenolic OH excluding ortho intramolecular Hbond substituents is 1. The molecule has 0 amide bonds. The first-order valence-corrected chi connectivity index (χ1v) is 8.23. The van der Waals surface area contributed by atoms with Crippen LogP contribution >= 0.6 is 0 Å².